The minimum absolute atomic E-state index is 0.147. The van der Waals surface area contributed by atoms with Crippen LogP contribution in [0.3, 0.4) is 0 Å². The second kappa shape index (κ2) is 15.8. The second-order valence-electron chi connectivity index (χ2n) is 6.60. The van der Waals surface area contributed by atoms with E-state index in [0.717, 1.165) is 25.7 Å². The third kappa shape index (κ3) is 17.1. The first-order chi connectivity index (χ1) is 11.1. The summed E-state index contributed by atoms with van der Waals surface area (Å²) in [7, 11) is 0. The molecule has 0 aromatic rings. The summed E-state index contributed by atoms with van der Waals surface area (Å²) in [6, 6.07) is 0. The smallest absolute Gasteiger partial charge is 0.305 e. The first kappa shape index (κ1) is 21.9. The molecule has 4 nitrogen and oxygen atoms in total. The summed E-state index contributed by atoms with van der Waals surface area (Å²) in [5.41, 5.74) is 0. The Morgan fingerprint density at radius 1 is 0.739 bits per heavy atom. The summed E-state index contributed by atoms with van der Waals surface area (Å²) in [4.78, 5) is 23.0. The predicted molar refractivity (Wildman–Crippen MR) is 93.2 cm³/mol. The lowest BCUT2D eigenvalue weighted by molar-refractivity contribution is -0.146. The summed E-state index contributed by atoms with van der Waals surface area (Å²) in [5.74, 6) is 0.343. The highest BCUT2D eigenvalue weighted by Crippen LogP contribution is 2.07. The Morgan fingerprint density at radius 3 is 1.78 bits per heavy atom. The van der Waals surface area contributed by atoms with E-state index in [1.807, 2.05) is 0 Å². The minimum Gasteiger partial charge on any atom is -0.466 e. The van der Waals surface area contributed by atoms with E-state index < -0.39 is 0 Å². The molecule has 136 valence electrons. The number of carbonyl (C=O) groups is 2. The van der Waals surface area contributed by atoms with Crippen molar-refractivity contribution in [1.29, 1.82) is 0 Å². The maximum absolute atomic E-state index is 11.5. The second-order valence-corrected chi connectivity index (χ2v) is 6.60. The molecule has 0 aromatic carbocycles. The summed E-state index contributed by atoms with van der Waals surface area (Å²) in [6.07, 6.45) is 9.95. The van der Waals surface area contributed by atoms with Crippen molar-refractivity contribution in [2.45, 2.75) is 91.4 Å². The van der Waals surface area contributed by atoms with Crippen LogP contribution in [-0.4, -0.2) is 25.2 Å². The topological polar surface area (TPSA) is 52.6 Å². The molecule has 0 radical (unpaired) electrons. The number of rotatable bonds is 15. The fourth-order valence-electron chi connectivity index (χ4n) is 2.25. The number of carbonyl (C=O) groups excluding carboxylic acids is 2. The van der Waals surface area contributed by atoms with Crippen LogP contribution in [0.4, 0.5) is 0 Å². The zero-order valence-corrected chi connectivity index (χ0v) is 15.4. The molecule has 0 saturated carbocycles. The standard InChI is InChI=1S/C19H36O4/c1-4-5-6-7-10-15-22-18(20)13-8-9-14-19(21)23-16-11-12-17(2)3/h17H,4-16H2,1-3H3. The van der Waals surface area contributed by atoms with Gasteiger partial charge in [-0.3, -0.25) is 9.59 Å². The molecule has 0 unspecified atom stereocenters. The van der Waals surface area contributed by atoms with Gasteiger partial charge in [-0.25, -0.2) is 0 Å². The Labute approximate surface area is 142 Å². The highest BCUT2D eigenvalue weighted by atomic mass is 16.5. The van der Waals surface area contributed by atoms with Gasteiger partial charge in [-0.05, 0) is 38.0 Å². The van der Waals surface area contributed by atoms with Crippen LogP contribution in [0, 0.1) is 5.92 Å². The highest BCUT2D eigenvalue weighted by Gasteiger charge is 2.06. The van der Waals surface area contributed by atoms with Gasteiger partial charge in [-0.2, -0.15) is 0 Å². The fraction of sp³-hybridized carbons (Fsp3) is 0.895. The SMILES string of the molecule is CCCCCCCOC(=O)CCCCC(=O)OCCCC(C)C. The number of esters is 2. The Balaban J connectivity index is 3.35. The van der Waals surface area contributed by atoms with Crippen molar-refractivity contribution in [2.75, 3.05) is 13.2 Å². The average Bonchev–Trinajstić information content (AvgIpc) is 2.51. The van der Waals surface area contributed by atoms with Gasteiger partial charge in [0.2, 0.25) is 0 Å². The van der Waals surface area contributed by atoms with E-state index in [2.05, 4.69) is 20.8 Å². The van der Waals surface area contributed by atoms with Gasteiger partial charge in [-0.1, -0.05) is 46.5 Å². The van der Waals surface area contributed by atoms with Crippen LogP contribution in [0.2, 0.25) is 0 Å². The van der Waals surface area contributed by atoms with Gasteiger partial charge in [-0.15, -0.1) is 0 Å². The molecule has 0 aliphatic rings. The third-order valence-electron chi connectivity index (χ3n) is 3.71. The van der Waals surface area contributed by atoms with Crippen LogP contribution in [-0.2, 0) is 19.1 Å². The number of hydrogen-bond donors (Lipinski definition) is 0. The quantitative estimate of drug-likeness (QED) is 0.312. The van der Waals surface area contributed by atoms with Crippen molar-refractivity contribution in [1.82, 2.24) is 0 Å². The zero-order chi connectivity index (χ0) is 17.3. The molecule has 0 bridgehead atoms. The van der Waals surface area contributed by atoms with E-state index in [1.54, 1.807) is 0 Å². The Bertz CT molecular complexity index is 300. The van der Waals surface area contributed by atoms with Gasteiger partial charge in [0.05, 0.1) is 13.2 Å². The Morgan fingerprint density at radius 2 is 1.26 bits per heavy atom. The molecule has 0 amide bonds. The maximum atomic E-state index is 11.5. The summed E-state index contributed by atoms with van der Waals surface area (Å²) in [6.45, 7) is 7.54. The van der Waals surface area contributed by atoms with Crippen molar-refractivity contribution in [3.63, 3.8) is 0 Å². The van der Waals surface area contributed by atoms with Crippen molar-refractivity contribution < 1.29 is 19.1 Å². The van der Waals surface area contributed by atoms with Gasteiger partial charge >= 0.3 is 11.9 Å². The summed E-state index contributed by atoms with van der Waals surface area (Å²) >= 11 is 0. The van der Waals surface area contributed by atoms with Gasteiger partial charge in [0.25, 0.3) is 0 Å². The molecule has 0 heterocycles. The summed E-state index contributed by atoms with van der Waals surface area (Å²) in [5, 5.41) is 0. The lowest BCUT2D eigenvalue weighted by atomic mass is 10.1. The molecule has 0 aliphatic heterocycles. The summed E-state index contributed by atoms with van der Waals surface area (Å²) < 4.78 is 10.3. The van der Waals surface area contributed by atoms with Crippen LogP contribution >= 0.6 is 0 Å². The number of ether oxygens (including phenoxy) is 2. The van der Waals surface area contributed by atoms with E-state index in [1.165, 1.54) is 19.3 Å². The van der Waals surface area contributed by atoms with Crippen LogP contribution in [0.1, 0.15) is 91.4 Å². The molecule has 0 rings (SSSR count). The molecular formula is C19H36O4. The molecule has 23 heavy (non-hydrogen) atoms. The lowest BCUT2D eigenvalue weighted by Crippen LogP contribution is -2.08. The van der Waals surface area contributed by atoms with Crippen LogP contribution in [0.25, 0.3) is 0 Å². The van der Waals surface area contributed by atoms with E-state index in [-0.39, 0.29) is 11.9 Å². The van der Waals surface area contributed by atoms with E-state index in [0.29, 0.717) is 44.8 Å². The number of hydrogen-bond acceptors (Lipinski definition) is 4. The average molecular weight is 328 g/mol. The molecule has 4 heteroatoms. The van der Waals surface area contributed by atoms with E-state index in [4.69, 9.17) is 9.47 Å². The Kier molecular flexibility index (Phi) is 15.1. The maximum Gasteiger partial charge on any atom is 0.305 e. The van der Waals surface area contributed by atoms with Crippen molar-refractivity contribution in [2.24, 2.45) is 5.92 Å². The van der Waals surface area contributed by atoms with Crippen LogP contribution in [0.15, 0.2) is 0 Å². The number of unbranched alkanes of at least 4 members (excludes halogenated alkanes) is 5. The van der Waals surface area contributed by atoms with E-state index in [9.17, 15) is 9.59 Å². The zero-order valence-electron chi connectivity index (χ0n) is 15.4. The van der Waals surface area contributed by atoms with E-state index >= 15 is 0 Å². The molecule has 0 saturated heterocycles. The molecule has 0 atom stereocenters. The molecule has 0 aliphatic carbocycles. The molecular weight excluding hydrogens is 292 g/mol. The monoisotopic (exact) mass is 328 g/mol. The largest absolute Gasteiger partial charge is 0.466 e. The van der Waals surface area contributed by atoms with Crippen molar-refractivity contribution in [3.8, 4) is 0 Å². The molecule has 0 N–H and O–H groups in total. The first-order valence-electron chi connectivity index (χ1n) is 9.37. The fourth-order valence-corrected chi connectivity index (χ4v) is 2.25. The molecule has 0 aromatic heterocycles. The van der Waals surface area contributed by atoms with Gasteiger partial charge in [0.15, 0.2) is 0 Å². The third-order valence-corrected chi connectivity index (χ3v) is 3.71. The van der Waals surface area contributed by atoms with Crippen molar-refractivity contribution in [3.05, 3.63) is 0 Å². The van der Waals surface area contributed by atoms with Gasteiger partial charge < -0.3 is 9.47 Å². The van der Waals surface area contributed by atoms with Crippen LogP contribution < -0.4 is 0 Å². The molecule has 0 fully saturated rings. The normalized spacial score (nSPS) is 10.8. The first-order valence-corrected chi connectivity index (χ1v) is 9.37. The lowest BCUT2D eigenvalue weighted by Gasteiger charge is -2.07. The van der Waals surface area contributed by atoms with Crippen LogP contribution in [0.5, 0.6) is 0 Å². The minimum atomic E-state index is -0.155. The predicted octanol–water partition coefficient (Wildman–Crippen LogP) is 5.04. The molecule has 0 spiro atoms. The van der Waals surface area contributed by atoms with Crippen molar-refractivity contribution >= 4 is 11.9 Å². The Hall–Kier alpha value is -1.06. The van der Waals surface area contributed by atoms with Gasteiger partial charge in [0, 0.05) is 12.8 Å². The van der Waals surface area contributed by atoms with Gasteiger partial charge in [0.1, 0.15) is 0 Å². The highest BCUT2D eigenvalue weighted by molar-refractivity contribution is 5.70.